The molecule has 3 rings (SSSR count). The third-order valence-corrected chi connectivity index (χ3v) is 7.88. The van der Waals surface area contributed by atoms with Gasteiger partial charge in [-0.2, -0.15) is 8.78 Å². The van der Waals surface area contributed by atoms with Gasteiger partial charge in [0.05, 0.1) is 21.2 Å². The van der Waals surface area contributed by atoms with Crippen LogP contribution in [0.5, 0.6) is 0 Å². The number of halogens is 4. The van der Waals surface area contributed by atoms with Gasteiger partial charge in [0.2, 0.25) is 13.6 Å². The minimum atomic E-state index is -5.59. The van der Waals surface area contributed by atoms with Crippen molar-refractivity contribution in [2.24, 2.45) is 0 Å². The highest BCUT2D eigenvalue weighted by Crippen LogP contribution is 2.66. The van der Waals surface area contributed by atoms with E-state index in [1.807, 2.05) is 0 Å². The van der Waals surface area contributed by atoms with Crippen molar-refractivity contribution in [3.05, 3.63) is 111 Å². The van der Waals surface area contributed by atoms with E-state index in [0.29, 0.717) is 5.56 Å². The third kappa shape index (κ3) is 8.00. The van der Waals surface area contributed by atoms with E-state index >= 15 is 8.78 Å². The molecule has 0 spiro atoms. The van der Waals surface area contributed by atoms with E-state index in [1.54, 1.807) is 12.1 Å². The molecular weight excluding hydrogens is 608 g/mol. The molecule has 9 nitrogen and oxygen atoms in total. The number of aliphatic carboxylic acids is 1. The Bertz CT molecular complexity index is 1440. The largest absolute Gasteiger partial charge is 0.478 e. The summed E-state index contributed by atoms with van der Waals surface area (Å²) in [6.45, 7) is -1.03. The van der Waals surface area contributed by atoms with Crippen molar-refractivity contribution >= 4 is 54.3 Å². The molecule has 0 aliphatic heterocycles. The number of esters is 2. The summed E-state index contributed by atoms with van der Waals surface area (Å²) < 4.78 is 64.0. The Balaban J connectivity index is 1.82. The molecule has 0 fully saturated rings. The second kappa shape index (κ2) is 13.8. The first-order chi connectivity index (χ1) is 19.4. The van der Waals surface area contributed by atoms with Gasteiger partial charge in [-0.05, 0) is 42.3 Å². The molecule has 0 unspecified atom stereocenters. The fraction of sp³-hybridized carbons (Fsp3) is 0.148. The van der Waals surface area contributed by atoms with Crippen LogP contribution in [0.3, 0.4) is 0 Å². The lowest BCUT2D eigenvalue weighted by atomic mass is 10.1. The number of carboxylic acids is 1. The van der Waals surface area contributed by atoms with Gasteiger partial charge in [-0.25, -0.2) is 14.4 Å². The molecule has 3 aromatic carbocycles. The van der Waals surface area contributed by atoms with E-state index in [9.17, 15) is 18.9 Å². The monoisotopic (exact) mass is 628 g/mol. The molecule has 41 heavy (non-hydrogen) atoms. The Morgan fingerprint density at radius 3 is 1.68 bits per heavy atom. The van der Waals surface area contributed by atoms with Crippen LogP contribution in [0.15, 0.2) is 78.9 Å². The lowest BCUT2D eigenvalue weighted by Crippen LogP contribution is -2.21. The Morgan fingerprint density at radius 2 is 1.27 bits per heavy atom. The zero-order valence-electron chi connectivity index (χ0n) is 21.1. The summed E-state index contributed by atoms with van der Waals surface area (Å²) in [5, 5.41) is 8.93. The number of rotatable bonds is 12. The summed E-state index contributed by atoms with van der Waals surface area (Å²) in [6, 6.07) is 15.6. The molecule has 0 heterocycles. The van der Waals surface area contributed by atoms with Gasteiger partial charge < -0.3 is 14.6 Å². The molecule has 0 aliphatic carbocycles. The number of allylic oxidation sites excluding steroid dienone is 1. The molecule has 1 N–H and O–H groups in total. The molecule has 0 bridgehead atoms. The van der Waals surface area contributed by atoms with Crippen molar-refractivity contribution in [2.45, 2.75) is 12.6 Å². The van der Waals surface area contributed by atoms with Gasteiger partial charge in [-0.1, -0.05) is 71.7 Å². The minimum Gasteiger partial charge on any atom is -0.478 e. The number of carbonyl (C=O) groups is 3. The van der Waals surface area contributed by atoms with E-state index in [2.05, 4.69) is 0 Å². The predicted octanol–water partition coefficient (Wildman–Crippen LogP) is 7.39. The second-order valence-corrected chi connectivity index (χ2v) is 11.0. The summed E-state index contributed by atoms with van der Waals surface area (Å²) >= 11 is 11.9. The highest BCUT2D eigenvalue weighted by molar-refractivity contribution is 7.54. The number of carbonyl (C=O) groups excluding carboxylic acids is 2. The molecule has 0 saturated carbocycles. The van der Waals surface area contributed by atoms with Gasteiger partial charge >= 0.3 is 31.2 Å². The predicted molar refractivity (Wildman–Crippen MR) is 145 cm³/mol. The van der Waals surface area contributed by atoms with Crippen LogP contribution in [0, 0.1) is 0 Å². The van der Waals surface area contributed by atoms with Crippen molar-refractivity contribution < 1.29 is 51.4 Å². The molecule has 0 radical (unpaired) electrons. The molecule has 14 heteroatoms. The third-order valence-electron chi connectivity index (χ3n) is 5.38. The smallest absolute Gasteiger partial charge is 0.410 e. The van der Waals surface area contributed by atoms with Crippen molar-refractivity contribution in [2.75, 3.05) is 13.6 Å². The van der Waals surface area contributed by atoms with Crippen LogP contribution in [0.1, 0.15) is 38.8 Å². The normalized spacial score (nSPS) is 12.1. The van der Waals surface area contributed by atoms with Gasteiger partial charge in [0.15, 0.2) is 0 Å². The fourth-order valence-corrected chi connectivity index (χ4v) is 4.94. The van der Waals surface area contributed by atoms with Crippen LogP contribution in [0.25, 0.3) is 5.57 Å². The fourth-order valence-electron chi connectivity index (χ4n) is 3.27. The maximum absolute atomic E-state index is 15.6. The summed E-state index contributed by atoms with van der Waals surface area (Å²) in [6.07, 6.45) is 0.880. The first-order valence-electron chi connectivity index (χ1n) is 11.5. The van der Waals surface area contributed by atoms with Gasteiger partial charge in [-0.15, -0.1) is 0 Å². The topological polar surface area (TPSA) is 125 Å². The van der Waals surface area contributed by atoms with Crippen molar-refractivity contribution in [3.63, 3.8) is 0 Å². The molecular formula is C27H21Cl2F2O9P. The number of carboxylic acid groups (broad SMARTS) is 1. The van der Waals surface area contributed by atoms with Crippen LogP contribution < -0.4 is 0 Å². The zero-order valence-corrected chi connectivity index (χ0v) is 23.5. The SMILES string of the molecule is C/C(=C\C(=O)O)c1ccc(C(F)(F)P(=O)(OCOC(=O)c2ccccc2Cl)OCOC(=O)c2ccccc2Cl)cc1. The molecule has 3 aromatic rings. The van der Waals surface area contributed by atoms with Gasteiger partial charge in [0.25, 0.3) is 0 Å². The Hall–Kier alpha value is -3.60. The first-order valence-corrected chi connectivity index (χ1v) is 13.8. The Labute approximate surface area is 242 Å². The number of hydrogen-bond acceptors (Lipinski definition) is 8. The highest BCUT2D eigenvalue weighted by atomic mass is 35.5. The standard InChI is InChI=1S/C27H21Cl2F2O9P/c1-17(14-24(32)33)18-10-12-19(13-11-18)27(30,31)41(36,39-15-37-25(34)20-6-2-4-8-22(20)28)40-16-38-26(35)21-7-3-5-9-23(21)29/h2-14H,15-16H2,1H3,(H,32,33)/b17-14+. The zero-order chi connectivity index (χ0) is 30.2. The summed E-state index contributed by atoms with van der Waals surface area (Å²) in [4.78, 5) is 35.5. The molecule has 0 aromatic heterocycles. The summed E-state index contributed by atoms with van der Waals surface area (Å²) in [5.41, 5.74) is -4.85. The van der Waals surface area contributed by atoms with Gasteiger partial charge in [0, 0.05) is 11.6 Å². The van der Waals surface area contributed by atoms with Crippen LogP contribution in [0.4, 0.5) is 8.78 Å². The van der Waals surface area contributed by atoms with Gasteiger partial charge in [-0.3, -0.25) is 13.6 Å². The van der Waals surface area contributed by atoms with Crippen LogP contribution in [-0.4, -0.2) is 36.6 Å². The van der Waals surface area contributed by atoms with E-state index in [0.717, 1.165) is 18.2 Å². The second-order valence-electron chi connectivity index (χ2n) is 8.10. The van der Waals surface area contributed by atoms with Crippen LogP contribution in [0.2, 0.25) is 10.0 Å². The quantitative estimate of drug-likeness (QED) is 0.0945. The molecule has 0 saturated heterocycles. The molecule has 0 aliphatic rings. The molecule has 216 valence electrons. The van der Waals surface area contributed by atoms with Crippen molar-refractivity contribution in [1.29, 1.82) is 0 Å². The van der Waals surface area contributed by atoms with Crippen LogP contribution in [-0.2, 0) is 33.5 Å². The van der Waals surface area contributed by atoms with E-state index < -0.39 is 50.3 Å². The lowest BCUT2D eigenvalue weighted by molar-refractivity contribution is -0.131. The van der Waals surface area contributed by atoms with E-state index in [-0.39, 0.29) is 26.7 Å². The molecule has 0 atom stereocenters. The van der Waals surface area contributed by atoms with E-state index in [1.165, 1.54) is 55.5 Å². The average molecular weight is 629 g/mol. The first kappa shape index (κ1) is 31.9. The minimum absolute atomic E-state index is 0.0149. The maximum atomic E-state index is 15.6. The van der Waals surface area contributed by atoms with Crippen molar-refractivity contribution in [3.8, 4) is 0 Å². The number of benzene rings is 3. The van der Waals surface area contributed by atoms with Crippen LogP contribution >= 0.6 is 30.8 Å². The summed E-state index contributed by atoms with van der Waals surface area (Å²) in [5.74, 6) is -3.35. The lowest BCUT2D eigenvalue weighted by Gasteiger charge is -2.26. The van der Waals surface area contributed by atoms with Crippen molar-refractivity contribution in [1.82, 2.24) is 0 Å². The number of hydrogen-bond donors (Lipinski definition) is 1. The number of alkyl halides is 2. The van der Waals surface area contributed by atoms with Gasteiger partial charge in [0.1, 0.15) is 0 Å². The number of ether oxygens (including phenoxy) is 2. The summed E-state index contributed by atoms with van der Waals surface area (Å²) in [7, 11) is -5.59. The van der Waals surface area contributed by atoms with E-state index in [4.69, 9.17) is 46.8 Å². The molecule has 0 amide bonds. The average Bonchev–Trinajstić information content (AvgIpc) is 2.93. The Kier molecular flexibility index (Phi) is 10.8. The highest BCUT2D eigenvalue weighted by Gasteiger charge is 2.55. The maximum Gasteiger partial charge on any atom is 0.410 e. The Morgan fingerprint density at radius 1 is 0.829 bits per heavy atom.